The van der Waals surface area contributed by atoms with Crippen LogP contribution >= 0.6 is 11.3 Å². The minimum absolute atomic E-state index is 0.133. The molecule has 5 nitrogen and oxygen atoms in total. The Bertz CT molecular complexity index is 657. The summed E-state index contributed by atoms with van der Waals surface area (Å²) in [6.45, 7) is 2.33. The fourth-order valence-corrected chi connectivity index (χ4v) is 3.68. The molecule has 0 spiro atoms. The summed E-state index contributed by atoms with van der Waals surface area (Å²) in [5.41, 5.74) is 1.12. The van der Waals surface area contributed by atoms with Gasteiger partial charge in [0.25, 0.3) is 0 Å². The van der Waals surface area contributed by atoms with Crippen LogP contribution in [0, 0.1) is 0 Å². The molecular formula is C17H20N2O3S. The number of thiazole rings is 1. The molecule has 0 fully saturated rings. The van der Waals surface area contributed by atoms with Crippen LogP contribution in [0.2, 0.25) is 0 Å². The Morgan fingerprint density at radius 2 is 2.17 bits per heavy atom. The molecule has 0 N–H and O–H groups in total. The Balaban J connectivity index is 1.50. The smallest absolute Gasteiger partial charge is 0.226 e. The van der Waals surface area contributed by atoms with Gasteiger partial charge in [0.2, 0.25) is 5.91 Å². The second-order valence-electron chi connectivity index (χ2n) is 5.39. The van der Waals surface area contributed by atoms with Crippen molar-refractivity contribution in [3.8, 4) is 5.75 Å². The Kier molecular flexibility index (Phi) is 5.25. The van der Waals surface area contributed by atoms with Crippen LogP contribution in [0.15, 0.2) is 30.3 Å². The maximum atomic E-state index is 12.3. The van der Waals surface area contributed by atoms with Crippen LogP contribution in [0.4, 0.5) is 0 Å². The lowest BCUT2D eigenvalue weighted by molar-refractivity contribution is -0.132. The molecule has 1 aromatic carbocycles. The molecular weight excluding hydrogens is 312 g/mol. The fourth-order valence-electron chi connectivity index (χ4n) is 2.58. The summed E-state index contributed by atoms with van der Waals surface area (Å²) in [6, 6.07) is 9.57. The molecule has 2 heterocycles. The molecule has 6 heteroatoms. The van der Waals surface area contributed by atoms with Crippen LogP contribution in [0.25, 0.3) is 0 Å². The lowest BCUT2D eigenvalue weighted by atomic mass is 10.1. The fraction of sp³-hybridized carbons (Fsp3) is 0.412. The minimum Gasteiger partial charge on any atom is -0.493 e. The van der Waals surface area contributed by atoms with Gasteiger partial charge in [-0.2, -0.15) is 0 Å². The van der Waals surface area contributed by atoms with Crippen molar-refractivity contribution < 1.29 is 14.3 Å². The number of para-hydroxylation sites is 1. The van der Waals surface area contributed by atoms with Gasteiger partial charge in [-0.15, -0.1) is 11.3 Å². The van der Waals surface area contributed by atoms with Gasteiger partial charge in [0, 0.05) is 25.0 Å². The largest absolute Gasteiger partial charge is 0.493 e. The van der Waals surface area contributed by atoms with Crippen LogP contribution < -0.4 is 4.74 Å². The zero-order valence-corrected chi connectivity index (χ0v) is 14.0. The Morgan fingerprint density at radius 1 is 1.35 bits per heavy atom. The van der Waals surface area contributed by atoms with Crippen LogP contribution in [-0.2, 0) is 29.1 Å². The first-order valence-electron chi connectivity index (χ1n) is 7.68. The normalized spacial score (nSPS) is 13.7. The summed E-state index contributed by atoms with van der Waals surface area (Å²) in [6.07, 6.45) is 1.22. The average Bonchev–Trinajstić information content (AvgIpc) is 2.97. The van der Waals surface area contributed by atoms with E-state index in [1.807, 2.05) is 35.2 Å². The van der Waals surface area contributed by atoms with Gasteiger partial charge in [-0.25, -0.2) is 4.98 Å². The highest BCUT2D eigenvalue weighted by molar-refractivity contribution is 7.11. The standard InChI is InChI=1S/C17H20N2O3S/c1-21-12-16-18-14-7-9-19(11-15(14)23-16)17(20)8-10-22-13-5-3-2-4-6-13/h2-6H,7-12H2,1H3. The molecule has 3 rings (SSSR count). The number of aromatic nitrogens is 1. The molecule has 0 unspecified atom stereocenters. The number of hydrogen-bond acceptors (Lipinski definition) is 5. The van der Waals surface area contributed by atoms with Gasteiger partial charge >= 0.3 is 0 Å². The minimum atomic E-state index is 0.133. The van der Waals surface area contributed by atoms with E-state index in [1.54, 1.807) is 18.4 Å². The van der Waals surface area contributed by atoms with Crippen LogP contribution in [0.1, 0.15) is 22.0 Å². The quantitative estimate of drug-likeness (QED) is 0.816. The molecule has 23 heavy (non-hydrogen) atoms. The number of hydrogen-bond donors (Lipinski definition) is 0. The van der Waals surface area contributed by atoms with E-state index in [2.05, 4.69) is 4.98 Å². The number of rotatable bonds is 6. The Labute approximate surface area is 139 Å². The van der Waals surface area contributed by atoms with Crippen molar-refractivity contribution >= 4 is 17.2 Å². The van der Waals surface area contributed by atoms with Gasteiger partial charge in [-0.1, -0.05) is 18.2 Å². The maximum absolute atomic E-state index is 12.3. The summed E-state index contributed by atoms with van der Waals surface area (Å²) in [7, 11) is 1.67. The zero-order chi connectivity index (χ0) is 16.1. The number of carbonyl (C=O) groups excluding carboxylic acids is 1. The van der Waals surface area contributed by atoms with Crippen molar-refractivity contribution in [3.05, 3.63) is 45.9 Å². The molecule has 0 saturated carbocycles. The molecule has 2 aromatic rings. The molecule has 0 bridgehead atoms. The van der Waals surface area contributed by atoms with E-state index in [1.165, 1.54) is 4.88 Å². The maximum Gasteiger partial charge on any atom is 0.226 e. The molecule has 1 aliphatic rings. The highest BCUT2D eigenvalue weighted by atomic mass is 32.1. The van der Waals surface area contributed by atoms with E-state index in [9.17, 15) is 4.79 Å². The zero-order valence-electron chi connectivity index (χ0n) is 13.2. The summed E-state index contributed by atoms with van der Waals surface area (Å²) in [5, 5.41) is 0.985. The Morgan fingerprint density at radius 3 is 2.96 bits per heavy atom. The number of amides is 1. The number of fused-ring (bicyclic) bond motifs is 1. The van der Waals surface area contributed by atoms with E-state index in [-0.39, 0.29) is 5.91 Å². The van der Waals surface area contributed by atoms with E-state index >= 15 is 0 Å². The molecule has 122 valence electrons. The van der Waals surface area contributed by atoms with E-state index < -0.39 is 0 Å². The first kappa shape index (κ1) is 16.0. The molecule has 1 aromatic heterocycles. The molecule has 1 aliphatic heterocycles. The Hall–Kier alpha value is -1.92. The van der Waals surface area contributed by atoms with E-state index in [4.69, 9.17) is 9.47 Å². The molecule has 0 radical (unpaired) electrons. The first-order valence-corrected chi connectivity index (χ1v) is 8.50. The lowest BCUT2D eigenvalue weighted by Crippen LogP contribution is -2.36. The third kappa shape index (κ3) is 4.09. The summed E-state index contributed by atoms with van der Waals surface area (Å²) < 4.78 is 10.7. The van der Waals surface area contributed by atoms with Gasteiger partial charge in [0.05, 0.1) is 31.9 Å². The monoisotopic (exact) mass is 332 g/mol. The van der Waals surface area contributed by atoms with Gasteiger partial charge in [-0.05, 0) is 12.1 Å². The van der Waals surface area contributed by atoms with Crippen molar-refractivity contribution in [2.75, 3.05) is 20.3 Å². The predicted molar refractivity (Wildman–Crippen MR) is 88.5 cm³/mol. The van der Waals surface area contributed by atoms with Gasteiger partial charge in [0.1, 0.15) is 10.8 Å². The van der Waals surface area contributed by atoms with Crippen molar-refractivity contribution in [3.63, 3.8) is 0 Å². The highest BCUT2D eigenvalue weighted by Gasteiger charge is 2.23. The average molecular weight is 332 g/mol. The lowest BCUT2D eigenvalue weighted by Gasteiger charge is -2.26. The third-order valence-corrected chi connectivity index (χ3v) is 4.78. The van der Waals surface area contributed by atoms with Crippen molar-refractivity contribution in [1.29, 1.82) is 0 Å². The molecule has 0 saturated heterocycles. The van der Waals surface area contributed by atoms with Crippen LogP contribution in [0.5, 0.6) is 5.75 Å². The second-order valence-corrected chi connectivity index (χ2v) is 6.56. The molecule has 1 amide bonds. The number of carbonyl (C=O) groups is 1. The van der Waals surface area contributed by atoms with Crippen LogP contribution in [-0.4, -0.2) is 36.1 Å². The number of methoxy groups -OCH3 is 1. The third-order valence-electron chi connectivity index (χ3n) is 3.72. The second kappa shape index (κ2) is 7.57. The predicted octanol–water partition coefficient (Wildman–Crippen LogP) is 2.64. The van der Waals surface area contributed by atoms with Gasteiger partial charge < -0.3 is 14.4 Å². The van der Waals surface area contributed by atoms with Gasteiger partial charge in [-0.3, -0.25) is 4.79 Å². The SMILES string of the molecule is COCc1nc2c(s1)CN(C(=O)CCOc1ccccc1)CC2. The van der Waals surface area contributed by atoms with Crippen molar-refractivity contribution in [1.82, 2.24) is 9.88 Å². The summed E-state index contributed by atoms with van der Waals surface area (Å²) in [4.78, 5) is 20.0. The number of benzene rings is 1. The first-order chi connectivity index (χ1) is 11.3. The number of nitrogens with zero attached hydrogens (tertiary/aromatic N) is 2. The summed E-state index contributed by atoms with van der Waals surface area (Å²) >= 11 is 1.64. The van der Waals surface area contributed by atoms with Crippen molar-refractivity contribution in [2.45, 2.75) is 26.0 Å². The van der Waals surface area contributed by atoms with Crippen LogP contribution in [0.3, 0.4) is 0 Å². The van der Waals surface area contributed by atoms with Crippen molar-refractivity contribution in [2.24, 2.45) is 0 Å². The topological polar surface area (TPSA) is 51.7 Å². The molecule has 0 aliphatic carbocycles. The highest BCUT2D eigenvalue weighted by Crippen LogP contribution is 2.26. The van der Waals surface area contributed by atoms with E-state index in [0.717, 1.165) is 29.4 Å². The molecule has 0 atom stereocenters. The summed E-state index contributed by atoms with van der Waals surface area (Å²) in [5.74, 6) is 0.932. The van der Waals surface area contributed by atoms with Gasteiger partial charge in [0.15, 0.2) is 0 Å². The number of ether oxygens (including phenoxy) is 2. The van der Waals surface area contributed by atoms with E-state index in [0.29, 0.717) is 26.2 Å².